The lowest BCUT2D eigenvalue weighted by atomic mass is 10.1. The van der Waals surface area contributed by atoms with Gasteiger partial charge in [0.2, 0.25) is 5.91 Å². The van der Waals surface area contributed by atoms with Crippen LogP contribution in [-0.4, -0.2) is 16.5 Å². The fourth-order valence-corrected chi connectivity index (χ4v) is 2.36. The van der Waals surface area contributed by atoms with Crippen molar-refractivity contribution in [3.05, 3.63) is 35.5 Å². The van der Waals surface area contributed by atoms with Crippen molar-refractivity contribution in [2.45, 2.75) is 33.2 Å². The molecule has 0 radical (unpaired) electrons. The molecule has 96 valence electrons. The molecule has 1 amide bonds. The maximum atomic E-state index is 11.9. The highest BCUT2D eigenvalue weighted by atomic mass is 16.1. The van der Waals surface area contributed by atoms with Gasteiger partial charge in [-0.1, -0.05) is 18.2 Å². The van der Waals surface area contributed by atoms with E-state index in [0.717, 1.165) is 11.3 Å². The lowest BCUT2D eigenvalue weighted by molar-refractivity contribution is -0.120. The summed E-state index contributed by atoms with van der Waals surface area (Å²) < 4.78 is 2.15. The van der Waals surface area contributed by atoms with E-state index < -0.39 is 0 Å². The Morgan fingerprint density at radius 1 is 1.33 bits per heavy atom. The third-order valence-corrected chi connectivity index (χ3v) is 3.32. The van der Waals surface area contributed by atoms with E-state index in [9.17, 15) is 4.79 Å². The van der Waals surface area contributed by atoms with Crippen LogP contribution in [0.5, 0.6) is 0 Å². The number of amides is 1. The summed E-state index contributed by atoms with van der Waals surface area (Å²) in [6.07, 6.45) is 0.450. The Hall–Kier alpha value is -1.77. The molecule has 0 fully saturated rings. The van der Waals surface area contributed by atoms with E-state index in [1.54, 1.807) is 0 Å². The van der Waals surface area contributed by atoms with Crippen molar-refractivity contribution in [1.82, 2.24) is 9.88 Å². The third kappa shape index (κ3) is 2.26. The fraction of sp³-hybridized carbons (Fsp3) is 0.400. The van der Waals surface area contributed by atoms with Crippen LogP contribution >= 0.6 is 0 Å². The number of rotatable bonds is 3. The summed E-state index contributed by atoms with van der Waals surface area (Å²) in [5.41, 5.74) is 3.48. The largest absolute Gasteiger partial charge is 0.354 e. The fourth-order valence-electron chi connectivity index (χ4n) is 2.36. The van der Waals surface area contributed by atoms with Gasteiger partial charge in [-0.05, 0) is 32.4 Å². The van der Waals surface area contributed by atoms with Gasteiger partial charge < -0.3 is 9.88 Å². The molecule has 0 aliphatic carbocycles. The minimum absolute atomic E-state index is 0.0875. The molecule has 2 rings (SSSR count). The Bertz CT molecular complexity index is 581. The second-order valence-corrected chi connectivity index (χ2v) is 5.04. The molecule has 18 heavy (non-hydrogen) atoms. The maximum absolute atomic E-state index is 11.9. The van der Waals surface area contributed by atoms with Gasteiger partial charge in [0, 0.05) is 29.7 Å². The molecule has 1 heterocycles. The van der Waals surface area contributed by atoms with Gasteiger partial charge in [-0.25, -0.2) is 0 Å². The van der Waals surface area contributed by atoms with Crippen molar-refractivity contribution in [2.75, 3.05) is 0 Å². The van der Waals surface area contributed by atoms with Crippen molar-refractivity contribution in [1.29, 1.82) is 0 Å². The number of aromatic nitrogens is 1. The van der Waals surface area contributed by atoms with Gasteiger partial charge in [0.25, 0.3) is 0 Å². The SMILES string of the molecule is Cc1c(CC(=O)NC(C)C)c2ccccc2n1C. The van der Waals surface area contributed by atoms with Crippen molar-refractivity contribution in [2.24, 2.45) is 7.05 Å². The molecule has 2 aromatic rings. The molecule has 0 aliphatic rings. The molecular formula is C15H20N2O. The Balaban J connectivity index is 2.39. The average molecular weight is 244 g/mol. The number of hydrogen-bond acceptors (Lipinski definition) is 1. The van der Waals surface area contributed by atoms with E-state index in [-0.39, 0.29) is 11.9 Å². The van der Waals surface area contributed by atoms with Crippen LogP contribution in [0.3, 0.4) is 0 Å². The topological polar surface area (TPSA) is 34.0 Å². The number of para-hydroxylation sites is 1. The standard InChI is InChI=1S/C15H20N2O/c1-10(2)16-15(18)9-13-11(3)17(4)14-8-6-5-7-12(13)14/h5-8,10H,9H2,1-4H3,(H,16,18). The third-order valence-electron chi connectivity index (χ3n) is 3.32. The van der Waals surface area contributed by atoms with E-state index in [1.165, 1.54) is 10.9 Å². The predicted molar refractivity (Wildman–Crippen MR) is 74.6 cm³/mol. The normalized spacial score (nSPS) is 11.2. The number of benzene rings is 1. The smallest absolute Gasteiger partial charge is 0.224 e. The zero-order valence-electron chi connectivity index (χ0n) is 11.4. The molecule has 1 aromatic heterocycles. The van der Waals surface area contributed by atoms with E-state index in [0.29, 0.717) is 6.42 Å². The highest BCUT2D eigenvalue weighted by Crippen LogP contribution is 2.25. The van der Waals surface area contributed by atoms with Crippen LogP contribution in [-0.2, 0) is 18.3 Å². The molecular weight excluding hydrogens is 224 g/mol. The Kier molecular flexibility index (Phi) is 3.41. The van der Waals surface area contributed by atoms with Crippen LogP contribution < -0.4 is 5.32 Å². The van der Waals surface area contributed by atoms with E-state index in [1.807, 2.05) is 33.0 Å². The molecule has 1 aromatic carbocycles. The summed E-state index contributed by atoms with van der Waals surface area (Å²) in [5.74, 6) is 0.0875. The Morgan fingerprint density at radius 2 is 2.00 bits per heavy atom. The van der Waals surface area contributed by atoms with Gasteiger partial charge in [-0.3, -0.25) is 4.79 Å². The van der Waals surface area contributed by atoms with Crippen molar-refractivity contribution in [3.8, 4) is 0 Å². The molecule has 0 unspecified atom stereocenters. The lowest BCUT2D eigenvalue weighted by Crippen LogP contribution is -2.31. The summed E-state index contributed by atoms with van der Waals surface area (Å²) in [6.45, 7) is 6.03. The summed E-state index contributed by atoms with van der Waals surface area (Å²) in [7, 11) is 2.04. The van der Waals surface area contributed by atoms with Crippen LogP contribution in [0.4, 0.5) is 0 Å². The molecule has 0 saturated heterocycles. The minimum Gasteiger partial charge on any atom is -0.354 e. The first-order chi connectivity index (χ1) is 8.50. The maximum Gasteiger partial charge on any atom is 0.224 e. The number of fused-ring (bicyclic) bond motifs is 1. The zero-order chi connectivity index (χ0) is 13.3. The first kappa shape index (κ1) is 12.7. The molecule has 0 atom stereocenters. The molecule has 1 N–H and O–H groups in total. The Morgan fingerprint density at radius 3 is 2.67 bits per heavy atom. The van der Waals surface area contributed by atoms with Crippen LogP contribution in [0.1, 0.15) is 25.1 Å². The number of nitrogens with one attached hydrogen (secondary N) is 1. The quantitative estimate of drug-likeness (QED) is 0.884. The van der Waals surface area contributed by atoms with Gasteiger partial charge in [-0.2, -0.15) is 0 Å². The second-order valence-electron chi connectivity index (χ2n) is 5.04. The van der Waals surface area contributed by atoms with Gasteiger partial charge >= 0.3 is 0 Å². The number of carbonyl (C=O) groups excluding carboxylic acids is 1. The number of nitrogens with zero attached hydrogens (tertiary/aromatic N) is 1. The van der Waals surface area contributed by atoms with Crippen LogP contribution in [0, 0.1) is 6.92 Å². The number of aryl methyl sites for hydroxylation is 1. The monoisotopic (exact) mass is 244 g/mol. The molecule has 0 spiro atoms. The number of carbonyl (C=O) groups is 1. The zero-order valence-corrected chi connectivity index (χ0v) is 11.4. The summed E-state index contributed by atoms with van der Waals surface area (Å²) in [6, 6.07) is 8.41. The molecule has 3 nitrogen and oxygen atoms in total. The van der Waals surface area contributed by atoms with Crippen LogP contribution in [0.25, 0.3) is 10.9 Å². The van der Waals surface area contributed by atoms with Gasteiger partial charge in [0.05, 0.1) is 6.42 Å². The van der Waals surface area contributed by atoms with Gasteiger partial charge in [0.1, 0.15) is 0 Å². The lowest BCUT2D eigenvalue weighted by Gasteiger charge is -2.08. The summed E-state index contributed by atoms with van der Waals surface area (Å²) in [5, 5.41) is 4.12. The van der Waals surface area contributed by atoms with Crippen molar-refractivity contribution < 1.29 is 4.79 Å². The molecule has 3 heteroatoms. The van der Waals surface area contributed by atoms with Crippen molar-refractivity contribution in [3.63, 3.8) is 0 Å². The highest BCUT2D eigenvalue weighted by Gasteiger charge is 2.14. The minimum atomic E-state index is 0.0875. The first-order valence-corrected chi connectivity index (χ1v) is 6.33. The summed E-state index contributed by atoms with van der Waals surface area (Å²) >= 11 is 0. The van der Waals surface area contributed by atoms with Crippen LogP contribution in [0.2, 0.25) is 0 Å². The molecule has 0 aliphatic heterocycles. The predicted octanol–water partition coefficient (Wildman–Crippen LogP) is 2.55. The van der Waals surface area contributed by atoms with Gasteiger partial charge in [-0.15, -0.1) is 0 Å². The molecule has 0 saturated carbocycles. The Labute approximate surface area is 108 Å². The van der Waals surface area contributed by atoms with Crippen molar-refractivity contribution >= 4 is 16.8 Å². The second kappa shape index (κ2) is 4.84. The first-order valence-electron chi connectivity index (χ1n) is 6.33. The van der Waals surface area contributed by atoms with E-state index in [2.05, 4.69) is 28.9 Å². The highest BCUT2D eigenvalue weighted by molar-refractivity contribution is 5.90. The van der Waals surface area contributed by atoms with E-state index in [4.69, 9.17) is 0 Å². The summed E-state index contributed by atoms with van der Waals surface area (Å²) in [4.78, 5) is 11.9. The van der Waals surface area contributed by atoms with E-state index >= 15 is 0 Å². The van der Waals surface area contributed by atoms with Crippen LogP contribution in [0.15, 0.2) is 24.3 Å². The molecule has 0 bridgehead atoms. The van der Waals surface area contributed by atoms with Gasteiger partial charge in [0.15, 0.2) is 0 Å². The number of hydrogen-bond donors (Lipinski definition) is 1. The average Bonchev–Trinajstić information content (AvgIpc) is 2.54.